The molecular weight excluding hydrogens is 492 g/mol. The quantitative estimate of drug-likeness (QED) is 0.466. The average Bonchev–Trinajstić information content (AvgIpc) is 2.95. The summed E-state index contributed by atoms with van der Waals surface area (Å²) in [5, 5.41) is 4.12. The number of likely N-dealkylation sites (N-methyl/N-ethyl adjacent to an activating group) is 1. The van der Waals surface area contributed by atoms with E-state index < -0.39 is 0 Å². The molecule has 0 unspecified atom stereocenters. The third-order valence-electron chi connectivity index (χ3n) is 8.07. The number of amides is 1. The van der Waals surface area contributed by atoms with Crippen LogP contribution in [0.4, 0.5) is 17.3 Å². The van der Waals surface area contributed by atoms with E-state index in [1.807, 2.05) is 12.1 Å². The first kappa shape index (κ1) is 26.8. The third-order valence-corrected chi connectivity index (χ3v) is 8.07. The highest BCUT2D eigenvalue weighted by Gasteiger charge is 2.26. The number of hydrogen-bond donors (Lipinski definition) is 1. The van der Waals surface area contributed by atoms with Gasteiger partial charge in [0.05, 0.1) is 0 Å². The van der Waals surface area contributed by atoms with Crippen LogP contribution in [0.15, 0.2) is 60.0 Å². The van der Waals surface area contributed by atoms with Crippen LogP contribution in [0.3, 0.4) is 0 Å². The highest BCUT2D eigenvalue weighted by Crippen LogP contribution is 2.24. The second-order valence-electron chi connectivity index (χ2n) is 10.6. The molecule has 2 saturated heterocycles. The average molecular weight is 531 g/mol. The fourth-order valence-electron chi connectivity index (χ4n) is 5.41. The van der Waals surface area contributed by atoms with E-state index in [2.05, 4.69) is 64.6 Å². The topological polar surface area (TPSA) is 89.8 Å². The number of nitrogens with one attached hydrogen (secondary N) is 1. The Balaban J connectivity index is 1.27. The van der Waals surface area contributed by atoms with Crippen molar-refractivity contribution in [3.8, 4) is 0 Å². The molecule has 2 atom stereocenters. The fourth-order valence-corrected chi connectivity index (χ4v) is 5.41. The summed E-state index contributed by atoms with van der Waals surface area (Å²) in [7, 11) is 2.19. The van der Waals surface area contributed by atoms with Gasteiger partial charge in [-0.15, -0.1) is 0 Å². The monoisotopic (exact) mass is 530 g/mol. The predicted molar refractivity (Wildman–Crippen MR) is 156 cm³/mol. The van der Waals surface area contributed by atoms with Crippen molar-refractivity contribution in [3.05, 3.63) is 65.6 Å². The number of rotatable bonds is 7. The second-order valence-corrected chi connectivity index (χ2v) is 10.6. The standard InChI is InChI=1S/C29H38N8O2/c1-5-26(38)35-15-12-34(13-16-35)14-17-37-27(39)11-6-23-18-30-29(32-28(23)37)31-24-7-9-25(10-8-24)36-19-21(2)33(4)22(3)20-36/h5-11,18,21-22H,1,12-17,19-20H2,2-4H3,(H,30,31,32)/t21-,22+. The Morgan fingerprint density at radius 3 is 2.38 bits per heavy atom. The zero-order valence-electron chi connectivity index (χ0n) is 23.1. The number of carbonyl (C=O) groups excluding carboxylic acids is 1. The van der Waals surface area contributed by atoms with Crippen molar-refractivity contribution in [1.29, 1.82) is 0 Å². The molecule has 2 aliphatic heterocycles. The maximum absolute atomic E-state index is 12.8. The van der Waals surface area contributed by atoms with E-state index in [0.29, 0.717) is 49.9 Å². The largest absolute Gasteiger partial charge is 0.368 e. The SMILES string of the molecule is C=CC(=O)N1CCN(CCn2c(=O)ccc3cnc(Nc4ccc(N5C[C@@H](C)N(C)[C@@H](C)C5)cc4)nc32)CC1. The highest BCUT2D eigenvalue weighted by atomic mass is 16.2. The van der Waals surface area contributed by atoms with Crippen molar-refractivity contribution in [2.24, 2.45) is 0 Å². The fraction of sp³-hybridized carbons (Fsp3) is 0.448. The van der Waals surface area contributed by atoms with E-state index in [9.17, 15) is 9.59 Å². The lowest BCUT2D eigenvalue weighted by atomic mass is 10.1. The molecule has 206 valence electrons. The molecule has 0 saturated carbocycles. The molecule has 0 aliphatic carbocycles. The Labute approximate surface area is 229 Å². The summed E-state index contributed by atoms with van der Waals surface area (Å²) in [6, 6.07) is 12.7. The number of fused-ring (bicyclic) bond motifs is 1. The molecule has 2 aromatic heterocycles. The van der Waals surface area contributed by atoms with E-state index in [4.69, 9.17) is 4.98 Å². The molecule has 1 aromatic carbocycles. The van der Waals surface area contributed by atoms with Gasteiger partial charge < -0.3 is 15.1 Å². The lowest BCUT2D eigenvalue weighted by molar-refractivity contribution is -0.127. The molecule has 1 amide bonds. The van der Waals surface area contributed by atoms with Crippen molar-refractivity contribution >= 4 is 34.3 Å². The zero-order chi connectivity index (χ0) is 27.5. The molecule has 2 fully saturated rings. The molecule has 2 aliphatic rings. The van der Waals surface area contributed by atoms with Crippen molar-refractivity contribution in [1.82, 2.24) is 29.2 Å². The maximum atomic E-state index is 12.8. The first-order valence-electron chi connectivity index (χ1n) is 13.7. The summed E-state index contributed by atoms with van der Waals surface area (Å²) in [5.74, 6) is 0.419. The van der Waals surface area contributed by atoms with Crippen LogP contribution in [-0.2, 0) is 11.3 Å². The molecule has 4 heterocycles. The van der Waals surface area contributed by atoms with Crippen LogP contribution in [0.1, 0.15) is 13.8 Å². The van der Waals surface area contributed by atoms with Gasteiger partial charge >= 0.3 is 0 Å². The maximum Gasteiger partial charge on any atom is 0.252 e. The van der Waals surface area contributed by atoms with Gasteiger partial charge in [-0.2, -0.15) is 4.98 Å². The van der Waals surface area contributed by atoms with Gasteiger partial charge in [-0.1, -0.05) is 6.58 Å². The van der Waals surface area contributed by atoms with Crippen LogP contribution in [0.5, 0.6) is 0 Å². The minimum Gasteiger partial charge on any atom is -0.368 e. The zero-order valence-corrected chi connectivity index (χ0v) is 23.1. The van der Waals surface area contributed by atoms with Crippen molar-refractivity contribution in [2.45, 2.75) is 32.5 Å². The summed E-state index contributed by atoms with van der Waals surface area (Å²) in [6.45, 7) is 14.2. The summed E-state index contributed by atoms with van der Waals surface area (Å²) in [4.78, 5) is 42.8. The number of aromatic nitrogens is 3. The lowest BCUT2D eigenvalue weighted by Crippen LogP contribution is -2.55. The van der Waals surface area contributed by atoms with E-state index >= 15 is 0 Å². The molecule has 5 rings (SSSR count). The second kappa shape index (κ2) is 11.5. The van der Waals surface area contributed by atoms with Gasteiger partial charge in [0, 0.05) is 93.5 Å². The number of nitrogens with zero attached hydrogens (tertiary/aromatic N) is 7. The Morgan fingerprint density at radius 2 is 1.72 bits per heavy atom. The van der Waals surface area contributed by atoms with Crippen LogP contribution < -0.4 is 15.8 Å². The molecular formula is C29H38N8O2. The molecule has 39 heavy (non-hydrogen) atoms. The molecule has 10 nitrogen and oxygen atoms in total. The van der Waals surface area contributed by atoms with Gasteiger partial charge in [0.2, 0.25) is 11.9 Å². The Bertz CT molecular complexity index is 1370. The molecule has 0 spiro atoms. The van der Waals surface area contributed by atoms with E-state index in [-0.39, 0.29) is 11.5 Å². The number of benzene rings is 1. The Morgan fingerprint density at radius 1 is 1.03 bits per heavy atom. The molecule has 1 N–H and O–H groups in total. The summed E-state index contributed by atoms with van der Waals surface area (Å²) < 4.78 is 1.71. The van der Waals surface area contributed by atoms with Crippen LogP contribution in [0.25, 0.3) is 11.0 Å². The third kappa shape index (κ3) is 5.97. The van der Waals surface area contributed by atoms with E-state index in [1.165, 1.54) is 11.8 Å². The number of carbonyl (C=O) groups is 1. The number of anilines is 3. The van der Waals surface area contributed by atoms with E-state index in [0.717, 1.165) is 37.3 Å². The van der Waals surface area contributed by atoms with Crippen molar-refractivity contribution in [3.63, 3.8) is 0 Å². The predicted octanol–water partition coefficient (Wildman–Crippen LogP) is 2.39. The van der Waals surface area contributed by atoms with Crippen molar-refractivity contribution < 1.29 is 4.79 Å². The lowest BCUT2D eigenvalue weighted by Gasteiger charge is -2.43. The van der Waals surface area contributed by atoms with Gasteiger partial charge in [0.25, 0.3) is 5.56 Å². The molecule has 0 bridgehead atoms. The van der Waals surface area contributed by atoms with Gasteiger partial charge in [-0.3, -0.25) is 24.0 Å². The number of pyridine rings is 1. The summed E-state index contributed by atoms with van der Waals surface area (Å²) in [5.41, 5.74) is 2.62. The summed E-state index contributed by atoms with van der Waals surface area (Å²) >= 11 is 0. The smallest absolute Gasteiger partial charge is 0.252 e. The van der Waals surface area contributed by atoms with Crippen LogP contribution >= 0.6 is 0 Å². The van der Waals surface area contributed by atoms with E-state index in [1.54, 1.807) is 27.8 Å². The molecule has 3 aromatic rings. The van der Waals surface area contributed by atoms with Crippen molar-refractivity contribution in [2.75, 3.05) is 63.1 Å². The van der Waals surface area contributed by atoms with Gasteiger partial charge in [0.1, 0.15) is 5.65 Å². The normalized spacial score (nSPS) is 20.8. The summed E-state index contributed by atoms with van der Waals surface area (Å²) in [6.07, 6.45) is 3.11. The Hall–Kier alpha value is -3.76. The minimum absolute atomic E-state index is 0.0326. The Kier molecular flexibility index (Phi) is 7.94. The highest BCUT2D eigenvalue weighted by molar-refractivity contribution is 5.87. The first-order valence-corrected chi connectivity index (χ1v) is 13.7. The minimum atomic E-state index is -0.0902. The van der Waals surface area contributed by atoms with Crippen LogP contribution in [0, 0.1) is 0 Å². The van der Waals surface area contributed by atoms with Gasteiger partial charge in [-0.25, -0.2) is 4.98 Å². The number of piperazine rings is 2. The van der Waals surface area contributed by atoms with Crippen LogP contribution in [-0.4, -0.2) is 100 Å². The van der Waals surface area contributed by atoms with Gasteiger partial charge in [-0.05, 0) is 57.3 Å². The molecule has 10 heteroatoms. The van der Waals surface area contributed by atoms with Gasteiger partial charge in [0.15, 0.2) is 0 Å². The molecule has 0 radical (unpaired) electrons. The first-order chi connectivity index (χ1) is 18.8. The van der Waals surface area contributed by atoms with Crippen LogP contribution in [0.2, 0.25) is 0 Å². The number of hydrogen-bond acceptors (Lipinski definition) is 8.